The van der Waals surface area contributed by atoms with E-state index in [1.165, 1.54) is 30.5 Å². The van der Waals surface area contributed by atoms with Gasteiger partial charge in [0.15, 0.2) is 0 Å². The highest BCUT2D eigenvalue weighted by Gasteiger charge is 2.26. The van der Waals surface area contributed by atoms with Crippen LogP contribution in [0.4, 0.5) is 0 Å². The smallest absolute Gasteiger partial charge is 0.335 e. The van der Waals surface area contributed by atoms with Gasteiger partial charge in [-0.2, -0.15) is 0 Å². The van der Waals surface area contributed by atoms with Gasteiger partial charge in [0.2, 0.25) is 0 Å². The maximum absolute atomic E-state index is 10.9. The molecule has 1 aromatic rings. The summed E-state index contributed by atoms with van der Waals surface area (Å²) < 4.78 is 0. The van der Waals surface area contributed by atoms with E-state index in [1.54, 1.807) is 6.07 Å². The molecule has 3 rings (SSSR count). The van der Waals surface area contributed by atoms with Gasteiger partial charge in [0.25, 0.3) is 0 Å². The molecule has 0 radical (unpaired) electrons. The first-order valence-electron chi connectivity index (χ1n) is 6.30. The predicted molar refractivity (Wildman–Crippen MR) is 65.1 cm³/mol. The Morgan fingerprint density at radius 2 is 2.18 bits per heavy atom. The minimum atomic E-state index is -0.827. The van der Waals surface area contributed by atoms with Gasteiger partial charge in [-0.15, -0.1) is 0 Å². The molecule has 1 aliphatic heterocycles. The number of hydrogen-bond donors (Lipinski definition) is 1. The molecule has 17 heavy (non-hydrogen) atoms. The summed E-state index contributed by atoms with van der Waals surface area (Å²) in [6.07, 6.45) is 3.80. The molecular formula is C14H17NO2. The van der Waals surface area contributed by atoms with E-state index >= 15 is 0 Å². The molecule has 0 aromatic heterocycles. The van der Waals surface area contributed by atoms with Gasteiger partial charge in [0.05, 0.1) is 5.56 Å². The van der Waals surface area contributed by atoms with Gasteiger partial charge in [0, 0.05) is 19.6 Å². The van der Waals surface area contributed by atoms with Crippen molar-refractivity contribution in [2.45, 2.75) is 25.8 Å². The lowest BCUT2D eigenvalue weighted by molar-refractivity contribution is 0.0696. The van der Waals surface area contributed by atoms with Gasteiger partial charge in [-0.25, -0.2) is 4.79 Å². The van der Waals surface area contributed by atoms with Crippen molar-refractivity contribution in [3.05, 3.63) is 34.9 Å². The van der Waals surface area contributed by atoms with E-state index in [0.717, 1.165) is 25.4 Å². The molecule has 0 saturated heterocycles. The monoisotopic (exact) mass is 231 g/mol. The fraction of sp³-hybridized carbons (Fsp3) is 0.500. The number of hydrogen-bond acceptors (Lipinski definition) is 2. The molecule has 2 aliphatic rings. The standard InChI is InChI=1S/C14H17NO2/c16-14(17)12-4-3-11-5-6-15(8-10-1-2-10)9-13(11)7-12/h3-4,7,10H,1-2,5-6,8-9H2,(H,16,17). The van der Waals surface area contributed by atoms with Gasteiger partial charge in [0.1, 0.15) is 0 Å². The molecule has 0 amide bonds. The van der Waals surface area contributed by atoms with Crippen LogP contribution >= 0.6 is 0 Å². The van der Waals surface area contributed by atoms with Crippen LogP contribution in [-0.4, -0.2) is 29.1 Å². The Hall–Kier alpha value is -1.35. The van der Waals surface area contributed by atoms with Crippen molar-refractivity contribution in [2.75, 3.05) is 13.1 Å². The largest absolute Gasteiger partial charge is 0.478 e. The van der Waals surface area contributed by atoms with Crippen molar-refractivity contribution in [2.24, 2.45) is 5.92 Å². The summed E-state index contributed by atoms with van der Waals surface area (Å²) in [5.41, 5.74) is 2.94. The lowest BCUT2D eigenvalue weighted by Crippen LogP contribution is -2.32. The first-order valence-corrected chi connectivity index (χ1v) is 6.30. The Bertz CT molecular complexity index is 452. The summed E-state index contributed by atoms with van der Waals surface area (Å²) in [4.78, 5) is 13.4. The molecule has 0 spiro atoms. The van der Waals surface area contributed by atoms with E-state index in [4.69, 9.17) is 5.11 Å². The topological polar surface area (TPSA) is 40.5 Å². The van der Waals surface area contributed by atoms with E-state index in [9.17, 15) is 4.79 Å². The van der Waals surface area contributed by atoms with Gasteiger partial charge in [-0.3, -0.25) is 4.90 Å². The summed E-state index contributed by atoms with van der Waals surface area (Å²) in [6, 6.07) is 5.54. The second kappa shape index (κ2) is 4.15. The molecule has 90 valence electrons. The second-order valence-corrected chi connectivity index (χ2v) is 5.22. The van der Waals surface area contributed by atoms with E-state index < -0.39 is 5.97 Å². The maximum atomic E-state index is 10.9. The zero-order chi connectivity index (χ0) is 11.8. The number of carbonyl (C=O) groups is 1. The van der Waals surface area contributed by atoms with Crippen LogP contribution < -0.4 is 0 Å². The van der Waals surface area contributed by atoms with Gasteiger partial charge >= 0.3 is 5.97 Å². The van der Waals surface area contributed by atoms with Crippen molar-refractivity contribution in [1.82, 2.24) is 4.90 Å². The average molecular weight is 231 g/mol. The molecule has 0 unspecified atom stereocenters. The lowest BCUT2D eigenvalue weighted by Gasteiger charge is -2.28. The van der Waals surface area contributed by atoms with Crippen molar-refractivity contribution in [3.63, 3.8) is 0 Å². The van der Waals surface area contributed by atoms with E-state index in [2.05, 4.69) is 4.90 Å². The summed E-state index contributed by atoms with van der Waals surface area (Å²) in [7, 11) is 0. The molecule has 3 nitrogen and oxygen atoms in total. The molecule has 1 aliphatic carbocycles. The molecule has 1 heterocycles. The summed E-state index contributed by atoms with van der Waals surface area (Å²) in [5, 5.41) is 8.99. The number of nitrogens with zero attached hydrogens (tertiary/aromatic N) is 1. The van der Waals surface area contributed by atoms with Crippen LogP contribution in [0.5, 0.6) is 0 Å². The second-order valence-electron chi connectivity index (χ2n) is 5.22. The van der Waals surface area contributed by atoms with Crippen molar-refractivity contribution in [1.29, 1.82) is 0 Å². The molecule has 0 bridgehead atoms. The Balaban J connectivity index is 1.78. The fourth-order valence-electron chi connectivity index (χ4n) is 2.57. The van der Waals surface area contributed by atoms with Crippen LogP contribution in [0.15, 0.2) is 18.2 Å². The predicted octanol–water partition coefficient (Wildman–Crippen LogP) is 2.15. The Labute approximate surface area is 101 Å². The highest BCUT2D eigenvalue weighted by atomic mass is 16.4. The van der Waals surface area contributed by atoms with Crippen molar-refractivity contribution in [3.8, 4) is 0 Å². The third-order valence-electron chi connectivity index (χ3n) is 3.76. The van der Waals surface area contributed by atoms with Crippen LogP contribution in [0.3, 0.4) is 0 Å². The number of carboxylic acid groups (broad SMARTS) is 1. The van der Waals surface area contributed by atoms with E-state index in [0.29, 0.717) is 5.56 Å². The van der Waals surface area contributed by atoms with Gasteiger partial charge < -0.3 is 5.11 Å². The third-order valence-corrected chi connectivity index (χ3v) is 3.76. The van der Waals surface area contributed by atoms with Crippen molar-refractivity contribution < 1.29 is 9.90 Å². The SMILES string of the molecule is O=C(O)c1ccc2c(c1)CN(CC1CC1)CC2. The van der Waals surface area contributed by atoms with Crippen LogP contribution in [-0.2, 0) is 13.0 Å². The molecular weight excluding hydrogens is 214 g/mol. The molecule has 1 saturated carbocycles. The molecule has 3 heteroatoms. The zero-order valence-corrected chi connectivity index (χ0v) is 9.85. The minimum Gasteiger partial charge on any atom is -0.478 e. The normalized spacial score (nSPS) is 20.0. The van der Waals surface area contributed by atoms with Crippen LogP contribution in [0.2, 0.25) is 0 Å². The number of benzene rings is 1. The summed E-state index contributed by atoms with van der Waals surface area (Å²) in [5.74, 6) is 0.0753. The Kier molecular flexibility index (Phi) is 2.63. The Morgan fingerprint density at radius 1 is 1.35 bits per heavy atom. The average Bonchev–Trinajstić information content (AvgIpc) is 3.12. The number of carboxylic acids is 1. The zero-order valence-electron chi connectivity index (χ0n) is 9.85. The van der Waals surface area contributed by atoms with Crippen LogP contribution in [0.1, 0.15) is 34.3 Å². The lowest BCUT2D eigenvalue weighted by atomic mass is 9.97. The van der Waals surface area contributed by atoms with Gasteiger partial charge in [-0.1, -0.05) is 6.07 Å². The quantitative estimate of drug-likeness (QED) is 0.866. The first-order chi connectivity index (χ1) is 8.22. The molecule has 1 fully saturated rings. The first kappa shape index (κ1) is 10.8. The molecule has 0 atom stereocenters. The fourth-order valence-corrected chi connectivity index (χ4v) is 2.57. The maximum Gasteiger partial charge on any atom is 0.335 e. The van der Waals surface area contributed by atoms with Crippen LogP contribution in [0, 0.1) is 5.92 Å². The number of rotatable bonds is 3. The van der Waals surface area contributed by atoms with Gasteiger partial charge in [-0.05, 0) is 48.4 Å². The number of fused-ring (bicyclic) bond motifs is 1. The Morgan fingerprint density at radius 3 is 2.88 bits per heavy atom. The molecule has 1 aromatic carbocycles. The third kappa shape index (κ3) is 2.34. The van der Waals surface area contributed by atoms with E-state index in [-0.39, 0.29) is 0 Å². The van der Waals surface area contributed by atoms with E-state index in [1.807, 2.05) is 12.1 Å². The van der Waals surface area contributed by atoms with Crippen molar-refractivity contribution >= 4 is 5.97 Å². The van der Waals surface area contributed by atoms with Crippen LogP contribution in [0.25, 0.3) is 0 Å². The molecule has 1 N–H and O–H groups in total. The summed E-state index contributed by atoms with van der Waals surface area (Å²) in [6.45, 7) is 3.24. The number of aromatic carboxylic acids is 1. The minimum absolute atomic E-state index is 0.414. The highest BCUT2D eigenvalue weighted by molar-refractivity contribution is 5.87. The highest BCUT2D eigenvalue weighted by Crippen LogP contribution is 2.31. The summed E-state index contributed by atoms with van der Waals surface area (Å²) >= 11 is 0.